The summed E-state index contributed by atoms with van der Waals surface area (Å²) in [5.74, 6) is 0.304. The maximum absolute atomic E-state index is 9.36. The van der Waals surface area contributed by atoms with Crippen molar-refractivity contribution in [3.05, 3.63) is 54.6 Å². The van der Waals surface area contributed by atoms with Crippen molar-refractivity contribution in [1.29, 1.82) is 0 Å². The summed E-state index contributed by atoms with van der Waals surface area (Å²) in [6, 6.07) is 18.0. The summed E-state index contributed by atoms with van der Waals surface area (Å²) in [5.41, 5.74) is 3.58. The lowest BCUT2D eigenvalue weighted by Gasteiger charge is -2.08. The van der Waals surface area contributed by atoms with Crippen LogP contribution in [0.5, 0.6) is 5.75 Å². The van der Waals surface area contributed by atoms with E-state index in [0.29, 0.717) is 5.75 Å². The standard InChI is InChI=1S/C16H15NO/c1-2-17-15-6-4-3-5-13(15)11-16(17)12-7-9-14(18)10-8-12/h3-11,18H,2H2,1H3. The first-order valence-corrected chi connectivity index (χ1v) is 6.17. The summed E-state index contributed by atoms with van der Waals surface area (Å²) in [6.07, 6.45) is 0. The highest BCUT2D eigenvalue weighted by molar-refractivity contribution is 5.87. The Hall–Kier alpha value is -2.22. The van der Waals surface area contributed by atoms with Gasteiger partial charge in [-0.1, -0.05) is 18.2 Å². The monoisotopic (exact) mass is 237 g/mol. The van der Waals surface area contributed by atoms with Crippen molar-refractivity contribution >= 4 is 10.9 Å². The molecule has 3 rings (SSSR count). The molecule has 0 bridgehead atoms. The normalized spacial score (nSPS) is 10.9. The average Bonchev–Trinajstić information content (AvgIpc) is 2.78. The van der Waals surface area contributed by atoms with Crippen LogP contribution in [0, 0.1) is 0 Å². The number of phenolic OH excluding ortho intramolecular Hbond substituents is 1. The third-order valence-corrected chi connectivity index (χ3v) is 3.29. The minimum absolute atomic E-state index is 0.304. The summed E-state index contributed by atoms with van der Waals surface area (Å²) in [5, 5.41) is 10.6. The van der Waals surface area contributed by atoms with Gasteiger partial charge < -0.3 is 9.67 Å². The molecule has 0 saturated carbocycles. The number of hydrogen-bond acceptors (Lipinski definition) is 1. The van der Waals surface area contributed by atoms with Crippen LogP contribution < -0.4 is 0 Å². The van der Waals surface area contributed by atoms with E-state index in [9.17, 15) is 5.11 Å². The Bertz CT molecular complexity index is 680. The van der Waals surface area contributed by atoms with Gasteiger partial charge in [0.15, 0.2) is 0 Å². The van der Waals surface area contributed by atoms with E-state index in [1.807, 2.05) is 12.1 Å². The number of aromatic nitrogens is 1. The second kappa shape index (κ2) is 4.22. The first-order valence-electron chi connectivity index (χ1n) is 6.17. The van der Waals surface area contributed by atoms with E-state index in [1.54, 1.807) is 12.1 Å². The van der Waals surface area contributed by atoms with Gasteiger partial charge in [-0.15, -0.1) is 0 Å². The molecule has 2 aromatic carbocycles. The summed E-state index contributed by atoms with van der Waals surface area (Å²) in [6.45, 7) is 3.08. The quantitative estimate of drug-likeness (QED) is 0.715. The minimum atomic E-state index is 0.304. The molecule has 0 aliphatic carbocycles. The van der Waals surface area contributed by atoms with Crippen molar-refractivity contribution in [2.45, 2.75) is 13.5 Å². The number of para-hydroxylation sites is 1. The number of rotatable bonds is 2. The van der Waals surface area contributed by atoms with E-state index in [2.05, 4.69) is 41.8 Å². The summed E-state index contributed by atoms with van der Waals surface area (Å²) in [7, 11) is 0. The van der Waals surface area contributed by atoms with Crippen LogP contribution in [0.3, 0.4) is 0 Å². The molecule has 3 aromatic rings. The molecular formula is C16H15NO. The third kappa shape index (κ3) is 1.66. The van der Waals surface area contributed by atoms with Gasteiger partial charge in [0.1, 0.15) is 5.75 Å². The zero-order valence-corrected chi connectivity index (χ0v) is 10.3. The average molecular weight is 237 g/mol. The van der Waals surface area contributed by atoms with Gasteiger partial charge in [-0.2, -0.15) is 0 Å². The molecule has 0 aliphatic rings. The van der Waals surface area contributed by atoms with Crippen LogP contribution in [-0.2, 0) is 6.54 Å². The Morgan fingerprint density at radius 3 is 2.44 bits per heavy atom. The van der Waals surface area contributed by atoms with Crippen molar-refractivity contribution in [1.82, 2.24) is 4.57 Å². The number of hydrogen-bond donors (Lipinski definition) is 1. The van der Waals surface area contributed by atoms with Crippen LogP contribution in [0.2, 0.25) is 0 Å². The molecule has 1 heterocycles. The predicted molar refractivity (Wildman–Crippen MR) is 74.7 cm³/mol. The highest BCUT2D eigenvalue weighted by atomic mass is 16.3. The maximum Gasteiger partial charge on any atom is 0.115 e. The van der Waals surface area contributed by atoms with Crippen LogP contribution >= 0.6 is 0 Å². The second-order valence-corrected chi connectivity index (χ2v) is 4.38. The fourth-order valence-electron chi connectivity index (χ4n) is 2.42. The molecule has 0 unspecified atom stereocenters. The number of fused-ring (bicyclic) bond motifs is 1. The topological polar surface area (TPSA) is 25.2 Å². The van der Waals surface area contributed by atoms with E-state index in [-0.39, 0.29) is 0 Å². The summed E-state index contributed by atoms with van der Waals surface area (Å²) >= 11 is 0. The van der Waals surface area contributed by atoms with Gasteiger partial charge in [-0.25, -0.2) is 0 Å². The molecule has 1 aromatic heterocycles. The second-order valence-electron chi connectivity index (χ2n) is 4.38. The number of aromatic hydroxyl groups is 1. The van der Waals surface area contributed by atoms with Crippen molar-refractivity contribution in [3.8, 4) is 17.0 Å². The Morgan fingerprint density at radius 2 is 1.72 bits per heavy atom. The third-order valence-electron chi connectivity index (χ3n) is 3.29. The molecule has 0 fully saturated rings. The van der Waals surface area contributed by atoms with E-state index in [1.165, 1.54) is 16.6 Å². The highest BCUT2D eigenvalue weighted by Gasteiger charge is 2.08. The summed E-state index contributed by atoms with van der Waals surface area (Å²) < 4.78 is 2.29. The smallest absolute Gasteiger partial charge is 0.115 e. The molecule has 0 atom stereocenters. The SMILES string of the molecule is CCn1c(-c2ccc(O)cc2)cc2ccccc21. The molecule has 18 heavy (non-hydrogen) atoms. The number of aryl methyl sites for hydroxylation is 1. The van der Waals surface area contributed by atoms with Crippen LogP contribution in [0.15, 0.2) is 54.6 Å². The van der Waals surface area contributed by atoms with E-state index in [4.69, 9.17) is 0 Å². The van der Waals surface area contributed by atoms with Gasteiger partial charge >= 0.3 is 0 Å². The molecule has 2 nitrogen and oxygen atoms in total. The molecule has 90 valence electrons. The van der Waals surface area contributed by atoms with Gasteiger partial charge in [-0.3, -0.25) is 0 Å². The van der Waals surface area contributed by atoms with Gasteiger partial charge in [0.25, 0.3) is 0 Å². The molecule has 0 radical (unpaired) electrons. The van der Waals surface area contributed by atoms with Crippen LogP contribution in [-0.4, -0.2) is 9.67 Å². The zero-order valence-electron chi connectivity index (χ0n) is 10.3. The number of nitrogens with zero attached hydrogens (tertiary/aromatic N) is 1. The summed E-state index contributed by atoms with van der Waals surface area (Å²) in [4.78, 5) is 0. The van der Waals surface area contributed by atoms with E-state index < -0.39 is 0 Å². The molecule has 0 aliphatic heterocycles. The lowest BCUT2D eigenvalue weighted by Crippen LogP contribution is -1.96. The molecule has 0 saturated heterocycles. The molecular weight excluding hydrogens is 222 g/mol. The Labute approximate surface area is 106 Å². The van der Waals surface area contributed by atoms with Gasteiger partial charge in [0, 0.05) is 23.1 Å². The van der Waals surface area contributed by atoms with Crippen molar-refractivity contribution < 1.29 is 5.11 Å². The Morgan fingerprint density at radius 1 is 1.00 bits per heavy atom. The predicted octanol–water partition coefficient (Wildman–Crippen LogP) is 4.03. The fraction of sp³-hybridized carbons (Fsp3) is 0.125. The van der Waals surface area contributed by atoms with Gasteiger partial charge in [0.05, 0.1) is 0 Å². The van der Waals surface area contributed by atoms with Crippen LogP contribution in [0.4, 0.5) is 0 Å². The Balaban J connectivity index is 2.25. The van der Waals surface area contributed by atoms with Crippen molar-refractivity contribution in [2.75, 3.05) is 0 Å². The van der Waals surface area contributed by atoms with Gasteiger partial charge in [0.2, 0.25) is 0 Å². The van der Waals surface area contributed by atoms with E-state index >= 15 is 0 Å². The fourth-order valence-corrected chi connectivity index (χ4v) is 2.42. The molecule has 0 amide bonds. The van der Waals surface area contributed by atoms with Crippen LogP contribution in [0.25, 0.3) is 22.2 Å². The first kappa shape index (κ1) is 10.9. The zero-order chi connectivity index (χ0) is 12.5. The molecule has 2 heteroatoms. The lowest BCUT2D eigenvalue weighted by molar-refractivity contribution is 0.475. The maximum atomic E-state index is 9.36. The van der Waals surface area contributed by atoms with Crippen molar-refractivity contribution in [2.24, 2.45) is 0 Å². The molecule has 1 N–H and O–H groups in total. The van der Waals surface area contributed by atoms with E-state index in [0.717, 1.165) is 12.1 Å². The number of phenols is 1. The molecule has 0 spiro atoms. The minimum Gasteiger partial charge on any atom is -0.508 e. The lowest BCUT2D eigenvalue weighted by atomic mass is 10.1. The van der Waals surface area contributed by atoms with Crippen molar-refractivity contribution in [3.63, 3.8) is 0 Å². The first-order chi connectivity index (χ1) is 8.79. The van der Waals surface area contributed by atoms with Crippen LogP contribution in [0.1, 0.15) is 6.92 Å². The highest BCUT2D eigenvalue weighted by Crippen LogP contribution is 2.29. The number of benzene rings is 2. The Kier molecular flexibility index (Phi) is 2.56. The van der Waals surface area contributed by atoms with Gasteiger partial charge in [-0.05, 0) is 48.9 Å². The largest absolute Gasteiger partial charge is 0.508 e.